The molecule has 1 N–H and O–H groups in total. The van der Waals surface area contributed by atoms with Crippen molar-refractivity contribution in [1.82, 2.24) is 19.9 Å². The molecular formula is C18H30N4O3. The highest BCUT2D eigenvalue weighted by molar-refractivity contribution is 5.92. The summed E-state index contributed by atoms with van der Waals surface area (Å²) in [5.74, 6) is 0.693. The van der Waals surface area contributed by atoms with Gasteiger partial charge in [0.15, 0.2) is 11.5 Å². The number of likely N-dealkylation sites (N-methyl/N-ethyl adjacent to an activating group) is 1. The second-order valence-corrected chi connectivity index (χ2v) is 7.10. The van der Waals surface area contributed by atoms with Crippen LogP contribution < -0.4 is 0 Å². The summed E-state index contributed by atoms with van der Waals surface area (Å²) in [6.07, 6.45) is 2.42. The van der Waals surface area contributed by atoms with Gasteiger partial charge >= 0.3 is 0 Å². The van der Waals surface area contributed by atoms with Gasteiger partial charge in [0.25, 0.3) is 5.91 Å². The Bertz CT molecular complexity index is 564. The third-order valence-corrected chi connectivity index (χ3v) is 5.49. The van der Waals surface area contributed by atoms with Crippen LogP contribution in [-0.2, 0) is 6.54 Å². The third kappa shape index (κ3) is 4.40. The van der Waals surface area contributed by atoms with Crippen LogP contribution in [0.3, 0.4) is 0 Å². The first kappa shape index (κ1) is 18.4. The highest BCUT2D eigenvalue weighted by Gasteiger charge is 2.31. The molecule has 0 aromatic carbocycles. The summed E-state index contributed by atoms with van der Waals surface area (Å²) in [6, 6.07) is 2.23. The monoisotopic (exact) mass is 350 g/mol. The number of hydrogen-bond donors (Lipinski definition) is 1. The summed E-state index contributed by atoms with van der Waals surface area (Å²) >= 11 is 0. The van der Waals surface area contributed by atoms with E-state index in [2.05, 4.69) is 28.8 Å². The maximum absolute atomic E-state index is 12.7. The van der Waals surface area contributed by atoms with E-state index in [0.717, 1.165) is 64.3 Å². The van der Waals surface area contributed by atoms with Gasteiger partial charge in [0.2, 0.25) is 0 Å². The predicted octanol–water partition coefficient (Wildman–Crippen LogP) is 1.19. The van der Waals surface area contributed by atoms with Crippen LogP contribution in [0.5, 0.6) is 0 Å². The van der Waals surface area contributed by atoms with Crippen LogP contribution in [0.2, 0.25) is 0 Å². The molecular weight excluding hydrogens is 320 g/mol. The third-order valence-electron chi connectivity index (χ3n) is 5.49. The van der Waals surface area contributed by atoms with Crippen LogP contribution in [0.1, 0.15) is 49.4 Å². The zero-order valence-electron chi connectivity index (χ0n) is 15.4. The number of nitrogens with zero attached hydrogens (tertiary/aromatic N) is 4. The van der Waals surface area contributed by atoms with Gasteiger partial charge in [0.1, 0.15) is 0 Å². The van der Waals surface area contributed by atoms with Crippen molar-refractivity contribution in [2.75, 3.05) is 39.3 Å². The lowest BCUT2D eigenvalue weighted by molar-refractivity contribution is 0.0742. The normalized spacial score (nSPS) is 22.9. The summed E-state index contributed by atoms with van der Waals surface area (Å²) in [7, 11) is 0. The van der Waals surface area contributed by atoms with Crippen molar-refractivity contribution in [2.24, 2.45) is 0 Å². The number of likely N-dealkylation sites (tertiary alicyclic amines) is 2. The number of hydrogen-bond acceptors (Lipinski definition) is 6. The molecule has 0 bridgehead atoms. The van der Waals surface area contributed by atoms with E-state index in [9.17, 15) is 9.90 Å². The van der Waals surface area contributed by atoms with Crippen molar-refractivity contribution in [3.63, 3.8) is 0 Å². The minimum atomic E-state index is -0.183. The fourth-order valence-corrected chi connectivity index (χ4v) is 3.91. The van der Waals surface area contributed by atoms with Crippen LogP contribution in [0.25, 0.3) is 0 Å². The van der Waals surface area contributed by atoms with Gasteiger partial charge in [-0.15, -0.1) is 0 Å². The Hall–Kier alpha value is -1.44. The first-order valence-electron chi connectivity index (χ1n) is 9.50. The molecule has 1 atom stereocenters. The van der Waals surface area contributed by atoms with Gasteiger partial charge in [-0.3, -0.25) is 14.6 Å². The highest BCUT2D eigenvalue weighted by atomic mass is 16.5. The predicted molar refractivity (Wildman–Crippen MR) is 94.3 cm³/mol. The lowest BCUT2D eigenvalue weighted by atomic mass is 10.1. The smallest absolute Gasteiger partial charge is 0.276 e. The Morgan fingerprint density at radius 2 is 2.00 bits per heavy atom. The topological polar surface area (TPSA) is 73.0 Å². The average Bonchev–Trinajstić information content (AvgIpc) is 3.27. The number of aliphatic hydroxyl groups is 1. The first-order valence-corrected chi connectivity index (χ1v) is 9.50. The minimum Gasteiger partial charge on any atom is -0.393 e. The zero-order valence-corrected chi connectivity index (χ0v) is 15.4. The van der Waals surface area contributed by atoms with Gasteiger partial charge in [0, 0.05) is 38.3 Å². The summed E-state index contributed by atoms with van der Waals surface area (Å²) < 4.78 is 5.38. The van der Waals surface area contributed by atoms with Crippen molar-refractivity contribution in [3.8, 4) is 0 Å². The van der Waals surface area contributed by atoms with Gasteiger partial charge in [-0.05, 0) is 32.4 Å². The Labute approximate surface area is 149 Å². The standard InChI is InChI=1S/C18H30N4O3/c1-3-21(4-2)14-5-10-22(12-14)18(24)17-11-16(25-19-17)13-20-8-6-15(23)7-9-20/h11,14-15,23H,3-10,12-13H2,1-2H3. The van der Waals surface area contributed by atoms with E-state index in [-0.39, 0.29) is 12.0 Å². The molecule has 7 nitrogen and oxygen atoms in total. The maximum Gasteiger partial charge on any atom is 0.276 e. The maximum atomic E-state index is 12.7. The fraction of sp³-hybridized carbons (Fsp3) is 0.778. The number of piperidine rings is 1. The molecule has 1 amide bonds. The molecule has 0 aliphatic carbocycles. The number of amides is 1. The molecule has 0 saturated carbocycles. The second-order valence-electron chi connectivity index (χ2n) is 7.10. The SMILES string of the molecule is CCN(CC)C1CCN(C(=O)c2cc(CN3CCC(O)CC3)on2)C1. The van der Waals surface area contributed by atoms with E-state index in [1.54, 1.807) is 6.07 Å². The van der Waals surface area contributed by atoms with Crippen LogP contribution in [0, 0.1) is 0 Å². The number of rotatable bonds is 6. The molecule has 2 fully saturated rings. The molecule has 1 aromatic heterocycles. The van der Waals surface area contributed by atoms with Gasteiger partial charge in [0.05, 0.1) is 12.6 Å². The van der Waals surface area contributed by atoms with E-state index in [1.165, 1.54) is 0 Å². The second kappa shape index (κ2) is 8.29. The van der Waals surface area contributed by atoms with E-state index < -0.39 is 0 Å². The fourth-order valence-electron chi connectivity index (χ4n) is 3.91. The van der Waals surface area contributed by atoms with E-state index >= 15 is 0 Å². The van der Waals surface area contributed by atoms with Crippen LogP contribution in [-0.4, -0.2) is 82.3 Å². The molecule has 25 heavy (non-hydrogen) atoms. The van der Waals surface area contributed by atoms with Crippen LogP contribution >= 0.6 is 0 Å². The average molecular weight is 350 g/mol. The summed E-state index contributed by atoms with van der Waals surface area (Å²) in [5, 5.41) is 13.6. The number of aliphatic hydroxyl groups excluding tert-OH is 1. The van der Waals surface area contributed by atoms with Crippen molar-refractivity contribution in [1.29, 1.82) is 0 Å². The molecule has 140 valence electrons. The molecule has 1 unspecified atom stereocenters. The molecule has 2 saturated heterocycles. The quantitative estimate of drug-likeness (QED) is 0.831. The molecule has 3 heterocycles. The molecule has 0 radical (unpaired) electrons. The van der Waals surface area contributed by atoms with E-state index in [4.69, 9.17) is 4.52 Å². The van der Waals surface area contributed by atoms with Gasteiger partial charge in [-0.25, -0.2) is 0 Å². The Balaban J connectivity index is 1.54. The van der Waals surface area contributed by atoms with Crippen molar-refractivity contribution in [2.45, 2.75) is 51.8 Å². The molecule has 2 aliphatic rings. The van der Waals surface area contributed by atoms with Crippen LogP contribution in [0.15, 0.2) is 10.6 Å². The molecule has 1 aromatic rings. The number of aromatic nitrogens is 1. The molecule has 2 aliphatic heterocycles. The van der Waals surface area contributed by atoms with E-state index in [1.807, 2.05) is 4.90 Å². The Morgan fingerprint density at radius 3 is 2.68 bits per heavy atom. The van der Waals surface area contributed by atoms with E-state index in [0.29, 0.717) is 18.3 Å². The Kier molecular flexibility index (Phi) is 6.09. The number of carbonyl (C=O) groups excluding carboxylic acids is 1. The van der Waals surface area contributed by atoms with Crippen molar-refractivity contribution >= 4 is 5.91 Å². The largest absolute Gasteiger partial charge is 0.393 e. The lowest BCUT2D eigenvalue weighted by Crippen LogP contribution is -2.38. The number of carbonyl (C=O) groups is 1. The first-order chi connectivity index (χ1) is 12.1. The van der Waals surface area contributed by atoms with Gasteiger partial charge in [-0.1, -0.05) is 19.0 Å². The van der Waals surface area contributed by atoms with Crippen LogP contribution in [0.4, 0.5) is 0 Å². The zero-order chi connectivity index (χ0) is 17.8. The summed E-state index contributed by atoms with van der Waals surface area (Å²) in [6.45, 7) is 10.3. The Morgan fingerprint density at radius 1 is 1.28 bits per heavy atom. The van der Waals surface area contributed by atoms with Gasteiger partial charge < -0.3 is 14.5 Å². The summed E-state index contributed by atoms with van der Waals surface area (Å²) in [5.41, 5.74) is 0.409. The van der Waals surface area contributed by atoms with Crippen molar-refractivity contribution in [3.05, 3.63) is 17.5 Å². The van der Waals surface area contributed by atoms with Crippen molar-refractivity contribution < 1.29 is 14.4 Å². The lowest BCUT2D eigenvalue weighted by Gasteiger charge is -2.28. The summed E-state index contributed by atoms with van der Waals surface area (Å²) in [4.78, 5) is 19.2. The molecule has 0 spiro atoms. The molecule has 7 heteroatoms. The highest BCUT2D eigenvalue weighted by Crippen LogP contribution is 2.19. The molecule has 3 rings (SSSR count). The minimum absolute atomic E-state index is 0.0290. The van der Waals surface area contributed by atoms with Gasteiger partial charge in [-0.2, -0.15) is 0 Å².